The van der Waals surface area contributed by atoms with Gasteiger partial charge in [-0.1, -0.05) is 0 Å². The van der Waals surface area contributed by atoms with Crippen molar-refractivity contribution in [2.45, 2.75) is 19.8 Å². The highest BCUT2D eigenvalue weighted by molar-refractivity contribution is 5.31. The maximum absolute atomic E-state index is 11.0. The summed E-state index contributed by atoms with van der Waals surface area (Å²) in [7, 11) is 0. The fraction of sp³-hybridized carbons (Fsp3) is 0.364. The molecular formula is C11H15N5O. The SMILES string of the molecule is Cc1[nH]ncc1CCCNc1cc(=O)[nH]cn1. The largest absolute Gasteiger partial charge is 0.370 e. The van der Waals surface area contributed by atoms with E-state index in [2.05, 4.69) is 25.5 Å². The fourth-order valence-corrected chi connectivity index (χ4v) is 1.59. The number of anilines is 1. The van der Waals surface area contributed by atoms with Gasteiger partial charge in [0.15, 0.2) is 0 Å². The first-order valence-corrected chi connectivity index (χ1v) is 5.53. The number of aryl methyl sites for hydroxylation is 2. The highest BCUT2D eigenvalue weighted by Gasteiger charge is 2.00. The predicted octanol–water partition coefficient (Wildman–Crippen LogP) is 0.846. The molecule has 2 rings (SSSR count). The van der Waals surface area contributed by atoms with Crippen molar-refractivity contribution < 1.29 is 0 Å². The Kier molecular flexibility index (Phi) is 3.54. The third-order valence-electron chi connectivity index (χ3n) is 2.54. The van der Waals surface area contributed by atoms with E-state index in [1.165, 1.54) is 18.0 Å². The summed E-state index contributed by atoms with van der Waals surface area (Å²) in [5.74, 6) is 0.609. The highest BCUT2D eigenvalue weighted by Crippen LogP contribution is 2.06. The van der Waals surface area contributed by atoms with Gasteiger partial charge in [-0.2, -0.15) is 5.10 Å². The van der Waals surface area contributed by atoms with Gasteiger partial charge in [0.25, 0.3) is 5.56 Å². The molecule has 0 saturated carbocycles. The Labute approximate surface area is 98.5 Å². The lowest BCUT2D eigenvalue weighted by Crippen LogP contribution is -2.10. The predicted molar refractivity (Wildman–Crippen MR) is 65.0 cm³/mol. The topological polar surface area (TPSA) is 86.5 Å². The molecule has 0 aromatic carbocycles. The molecule has 3 N–H and O–H groups in total. The Balaban J connectivity index is 1.77. The molecular weight excluding hydrogens is 218 g/mol. The van der Waals surface area contributed by atoms with Gasteiger partial charge in [0.2, 0.25) is 0 Å². The first kappa shape index (κ1) is 11.4. The molecule has 0 aliphatic rings. The van der Waals surface area contributed by atoms with E-state index in [4.69, 9.17) is 0 Å². The van der Waals surface area contributed by atoms with Gasteiger partial charge in [-0.25, -0.2) is 4.98 Å². The second-order valence-corrected chi connectivity index (χ2v) is 3.85. The van der Waals surface area contributed by atoms with Crippen molar-refractivity contribution in [1.29, 1.82) is 0 Å². The van der Waals surface area contributed by atoms with Crippen LogP contribution in [0.1, 0.15) is 17.7 Å². The minimum absolute atomic E-state index is 0.145. The van der Waals surface area contributed by atoms with Crippen LogP contribution in [-0.4, -0.2) is 26.7 Å². The first-order chi connectivity index (χ1) is 8.25. The molecule has 0 amide bonds. The molecule has 2 aromatic rings. The molecule has 0 fully saturated rings. The third kappa shape index (κ3) is 3.17. The summed E-state index contributed by atoms with van der Waals surface area (Å²) in [6.07, 6.45) is 5.17. The lowest BCUT2D eigenvalue weighted by molar-refractivity contribution is 0.852. The summed E-state index contributed by atoms with van der Waals surface area (Å²) in [5.41, 5.74) is 2.19. The van der Waals surface area contributed by atoms with Crippen molar-refractivity contribution in [3.63, 3.8) is 0 Å². The van der Waals surface area contributed by atoms with E-state index in [1.54, 1.807) is 0 Å². The first-order valence-electron chi connectivity index (χ1n) is 5.53. The van der Waals surface area contributed by atoms with Crippen LogP contribution in [0.15, 0.2) is 23.4 Å². The monoisotopic (exact) mass is 233 g/mol. The number of nitrogens with zero attached hydrogens (tertiary/aromatic N) is 2. The second kappa shape index (κ2) is 5.29. The van der Waals surface area contributed by atoms with Crippen LogP contribution < -0.4 is 10.9 Å². The molecule has 0 radical (unpaired) electrons. The third-order valence-corrected chi connectivity index (χ3v) is 2.54. The summed E-state index contributed by atoms with van der Waals surface area (Å²) in [6, 6.07) is 1.45. The Hall–Kier alpha value is -2.11. The van der Waals surface area contributed by atoms with Gasteiger partial charge in [0.05, 0.1) is 12.5 Å². The molecule has 0 saturated heterocycles. The van der Waals surface area contributed by atoms with E-state index in [-0.39, 0.29) is 5.56 Å². The van der Waals surface area contributed by atoms with Crippen LogP contribution in [-0.2, 0) is 6.42 Å². The van der Waals surface area contributed by atoms with Crippen LogP contribution in [0, 0.1) is 6.92 Å². The van der Waals surface area contributed by atoms with Gasteiger partial charge < -0.3 is 10.3 Å². The normalized spacial score (nSPS) is 10.4. The lowest BCUT2D eigenvalue weighted by Gasteiger charge is -2.04. The van der Waals surface area contributed by atoms with Crippen molar-refractivity contribution in [1.82, 2.24) is 20.2 Å². The van der Waals surface area contributed by atoms with Crippen molar-refractivity contribution in [2.24, 2.45) is 0 Å². The summed E-state index contributed by atoms with van der Waals surface area (Å²) >= 11 is 0. The van der Waals surface area contributed by atoms with Crippen LogP contribution >= 0.6 is 0 Å². The van der Waals surface area contributed by atoms with Crippen LogP contribution in [0.25, 0.3) is 0 Å². The number of aromatic nitrogens is 4. The van der Waals surface area contributed by atoms with E-state index in [1.807, 2.05) is 13.1 Å². The molecule has 0 spiro atoms. The minimum atomic E-state index is -0.145. The summed E-state index contributed by atoms with van der Waals surface area (Å²) < 4.78 is 0. The van der Waals surface area contributed by atoms with Gasteiger partial charge in [0.1, 0.15) is 5.82 Å². The summed E-state index contributed by atoms with van der Waals surface area (Å²) in [5, 5.41) is 9.98. The van der Waals surface area contributed by atoms with Gasteiger partial charge in [-0.15, -0.1) is 0 Å². The maximum Gasteiger partial charge on any atom is 0.252 e. The molecule has 90 valence electrons. The van der Waals surface area contributed by atoms with Crippen LogP contribution in [0.2, 0.25) is 0 Å². The quantitative estimate of drug-likeness (QED) is 0.668. The lowest BCUT2D eigenvalue weighted by atomic mass is 10.1. The average Bonchev–Trinajstić information content (AvgIpc) is 2.71. The van der Waals surface area contributed by atoms with E-state index >= 15 is 0 Å². The summed E-state index contributed by atoms with van der Waals surface area (Å²) in [6.45, 7) is 2.79. The minimum Gasteiger partial charge on any atom is -0.370 e. The maximum atomic E-state index is 11.0. The summed E-state index contributed by atoms with van der Waals surface area (Å²) in [4.78, 5) is 17.5. The highest BCUT2D eigenvalue weighted by atomic mass is 16.1. The molecule has 0 aliphatic carbocycles. The number of nitrogens with one attached hydrogen (secondary N) is 3. The van der Waals surface area contributed by atoms with E-state index in [0.29, 0.717) is 5.82 Å². The zero-order valence-corrected chi connectivity index (χ0v) is 9.66. The van der Waals surface area contributed by atoms with Crippen LogP contribution in [0.3, 0.4) is 0 Å². The van der Waals surface area contributed by atoms with Gasteiger partial charge in [-0.05, 0) is 25.3 Å². The van der Waals surface area contributed by atoms with E-state index in [0.717, 1.165) is 25.1 Å². The number of rotatable bonds is 5. The zero-order chi connectivity index (χ0) is 12.1. The smallest absolute Gasteiger partial charge is 0.252 e. The van der Waals surface area contributed by atoms with Crippen LogP contribution in [0.5, 0.6) is 0 Å². The van der Waals surface area contributed by atoms with Gasteiger partial charge in [0, 0.05) is 18.3 Å². The van der Waals surface area contributed by atoms with Crippen molar-refractivity contribution in [3.05, 3.63) is 40.2 Å². The molecule has 0 atom stereocenters. The molecule has 2 heterocycles. The van der Waals surface area contributed by atoms with Crippen molar-refractivity contribution in [2.75, 3.05) is 11.9 Å². The van der Waals surface area contributed by atoms with E-state index in [9.17, 15) is 4.79 Å². The molecule has 17 heavy (non-hydrogen) atoms. The average molecular weight is 233 g/mol. The zero-order valence-electron chi connectivity index (χ0n) is 9.66. The number of aromatic amines is 2. The molecule has 2 aromatic heterocycles. The number of hydrogen-bond acceptors (Lipinski definition) is 4. The number of H-pyrrole nitrogens is 2. The molecule has 0 bridgehead atoms. The molecule has 0 aliphatic heterocycles. The van der Waals surface area contributed by atoms with Crippen molar-refractivity contribution in [3.8, 4) is 0 Å². The second-order valence-electron chi connectivity index (χ2n) is 3.85. The van der Waals surface area contributed by atoms with Crippen LogP contribution in [0.4, 0.5) is 5.82 Å². The Morgan fingerprint density at radius 2 is 2.35 bits per heavy atom. The van der Waals surface area contributed by atoms with Gasteiger partial charge >= 0.3 is 0 Å². The standard InChI is InChI=1S/C11H15N5O/c1-8-9(6-15-16-8)3-2-4-12-10-5-11(17)14-7-13-10/h5-7H,2-4H2,1H3,(H,15,16)(H2,12,13,14,17). The Bertz CT molecular complexity index is 530. The molecule has 0 unspecified atom stereocenters. The van der Waals surface area contributed by atoms with Crippen molar-refractivity contribution >= 4 is 5.82 Å². The van der Waals surface area contributed by atoms with E-state index < -0.39 is 0 Å². The molecule has 6 heteroatoms. The van der Waals surface area contributed by atoms with Gasteiger partial charge in [-0.3, -0.25) is 9.89 Å². The Morgan fingerprint density at radius 1 is 1.47 bits per heavy atom. The number of hydrogen-bond donors (Lipinski definition) is 3. The molecule has 6 nitrogen and oxygen atoms in total. The fourth-order valence-electron chi connectivity index (χ4n) is 1.59. The Morgan fingerprint density at radius 3 is 3.06 bits per heavy atom.